The summed E-state index contributed by atoms with van der Waals surface area (Å²) < 4.78 is 45.8. The first-order chi connectivity index (χ1) is 20.5. The number of para-hydroxylation sites is 1. The van der Waals surface area contributed by atoms with Crippen molar-refractivity contribution in [2.75, 3.05) is 11.8 Å². The van der Waals surface area contributed by atoms with Crippen LogP contribution >= 0.6 is 11.6 Å². The van der Waals surface area contributed by atoms with Gasteiger partial charge in [0.05, 0.1) is 22.3 Å². The van der Waals surface area contributed by atoms with Crippen LogP contribution in [0.2, 0.25) is 5.02 Å². The zero-order valence-electron chi connectivity index (χ0n) is 23.5. The van der Waals surface area contributed by atoms with Crippen LogP contribution in [0.1, 0.15) is 33.2 Å². The van der Waals surface area contributed by atoms with E-state index < -0.39 is 33.3 Å². The second-order valence-electron chi connectivity index (χ2n) is 9.96. The summed E-state index contributed by atoms with van der Waals surface area (Å²) in [6.07, 6.45) is 0. The maximum absolute atomic E-state index is 13.8. The molecule has 5 rings (SSSR count). The van der Waals surface area contributed by atoms with Gasteiger partial charge in [-0.1, -0.05) is 66.2 Å². The van der Waals surface area contributed by atoms with Crippen LogP contribution in [0, 0.1) is 12.7 Å². The van der Waals surface area contributed by atoms with E-state index in [4.69, 9.17) is 11.6 Å². The molecule has 1 N–H and O–H groups in total. The summed E-state index contributed by atoms with van der Waals surface area (Å²) in [6.45, 7) is 1.65. The number of hydrogen-bond donors (Lipinski definition) is 1. The van der Waals surface area contributed by atoms with Crippen molar-refractivity contribution < 1.29 is 17.6 Å². The van der Waals surface area contributed by atoms with Gasteiger partial charge in [0.15, 0.2) is 0 Å². The molecule has 1 aromatic heterocycles. The van der Waals surface area contributed by atoms with Gasteiger partial charge >= 0.3 is 0 Å². The molecule has 0 radical (unpaired) electrons. The largest absolute Gasteiger partial charge is 0.331 e. The number of amides is 1. The molecule has 220 valence electrons. The maximum Gasteiger partial charge on any atom is 0.296 e. The summed E-state index contributed by atoms with van der Waals surface area (Å²) >= 11 is 6.40. The minimum absolute atomic E-state index is 0.0758. The first-order valence-corrected chi connectivity index (χ1v) is 15.1. The van der Waals surface area contributed by atoms with Gasteiger partial charge in [-0.25, -0.2) is 17.5 Å². The van der Waals surface area contributed by atoms with Crippen molar-refractivity contribution in [1.29, 1.82) is 0 Å². The number of sulfonamides is 1. The molecule has 0 fully saturated rings. The fourth-order valence-electron chi connectivity index (χ4n) is 4.95. The van der Waals surface area contributed by atoms with E-state index in [2.05, 4.69) is 4.72 Å². The molecule has 0 aliphatic heterocycles. The quantitative estimate of drug-likeness (QED) is 0.233. The van der Waals surface area contributed by atoms with Gasteiger partial charge in [-0.2, -0.15) is 0 Å². The lowest BCUT2D eigenvalue weighted by Crippen LogP contribution is -2.32. The summed E-state index contributed by atoms with van der Waals surface area (Å²) in [5, 5.41) is 0.170. The van der Waals surface area contributed by atoms with E-state index in [9.17, 15) is 22.4 Å². The highest BCUT2D eigenvalue weighted by Crippen LogP contribution is 2.34. The van der Waals surface area contributed by atoms with Crippen LogP contribution in [-0.4, -0.2) is 35.6 Å². The molecule has 8 nitrogen and oxygen atoms in total. The first-order valence-electron chi connectivity index (χ1n) is 13.2. The van der Waals surface area contributed by atoms with Gasteiger partial charge in [0.25, 0.3) is 21.5 Å². The van der Waals surface area contributed by atoms with Crippen molar-refractivity contribution in [3.05, 3.63) is 147 Å². The molecule has 0 saturated carbocycles. The Morgan fingerprint density at radius 3 is 2.14 bits per heavy atom. The fraction of sp³-hybridized carbons (Fsp3) is 0.125. The summed E-state index contributed by atoms with van der Waals surface area (Å²) in [6, 6.07) is 26.9. The Labute approximate surface area is 253 Å². The zero-order valence-corrected chi connectivity index (χ0v) is 25.1. The molecule has 1 amide bonds. The lowest BCUT2D eigenvalue weighted by atomic mass is 9.96. The molecule has 11 heteroatoms. The second kappa shape index (κ2) is 11.9. The van der Waals surface area contributed by atoms with E-state index in [0.29, 0.717) is 16.9 Å². The Bertz CT molecular complexity index is 1960. The predicted molar refractivity (Wildman–Crippen MR) is 165 cm³/mol. The smallest absolute Gasteiger partial charge is 0.296 e. The van der Waals surface area contributed by atoms with Gasteiger partial charge in [0.1, 0.15) is 11.5 Å². The summed E-state index contributed by atoms with van der Waals surface area (Å²) in [4.78, 5) is 28.2. The number of nitrogens with zero attached hydrogens (tertiary/aromatic N) is 3. The molecule has 4 aromatic carbocycles. The highest BCUT2D eigenvalue weighted by Gasteiger charge is 2.27. The molecule has 0 saturated heterocycles. The number of aromatic nitrogens is 2. The second-order valence-corrected chi connectivity index (χ2v) is 12.1. The molecule has 0 aliphatic carbocycles. The Hall–Kier alpha value is -4.67. The van der Waals surface area contributed by atoms with Gasteiger partial charge < -0.3 is 4.90 Å². The van der Waals surface area contributed by atoms with E-state index in [-0.39, 0.29) is 21.2 Å². The number of rotatable bonds is 8. The third kappa shape index (κ3) is 5.84. The summed E-state index contributed by atoms with van der Waals surface area (Å²) in [7, 11) is -0.907. The van der Waals surface area contributed by atoms with Crippen LogP contribution in [-0.2, 0) is 17.1 Å². The number of hydrogen-bond acceptors (Lipinski definition) is 4. The number of anilines is 1. The van der Waals surface area contributed by atoms with E-state index in [1.807, 2.05) is 36.4 Å². The van der Waals surface area contributed by atoms with Crippen molar-refractivity contribution in [2.45, 2.75) is 17.9 Å². The van der Waals surface area contributed by atoms with Crippen molar-refractivity contribution in [3.63, 3.8) is 0 Å². The fourth-order valence-corrected chi connectivity index (χ4v) is 6.33. The van der Waals surface area contributed by atoms with E-state index in [1.54, 1.807) is 50.0 Å². The van der Waals surface area contributed by atoms with Crippen LogP contribution in [0.4, 0.5) is 10.1 Å². The van der Waals surface area contributed by atoms with Crippen molar-refractivity contribution in [1.82, 2.24) is 14.3 Å². The first kappa shape index (κ1) is 29.8. The average molecular weight is 619 g/mol. The van der Waals surface area contributed by atoms with E-state index >= 15 is 0 Å². The third-order valence-electron chi connectivity index (χ3n) is 7.28. The lowest BCUT2D eigenvalue weighted by molar-refractivity contribution is 0.0755. The standard InChI is InChI=1S/C32H28ClFN4O4S/c1-21-29(32(40)38(37(21)3)25-12-8-5-9-13-25)35-43(41,42)26-17-14-23(15-18-26)31(39)36(2)30(22-10-6-4-7-11-22)27-19-16-24(34)20-28(27)33/h4-20,30,35H,1-3H3. The molecular formula is C32H28ClFN4O4S. The number of nitrogens with one attached hydrogen (secondary N) is 1. The van der Waals surface area contributed by atoms with Gasteiger partial charge in [-0.05, 0) is 66.6 Å². The Kier molecular flexibility index (Phi) is 8.25. The molecule has 1 heterocycles. The van der Waals surface area contributed by atoms with Gasteiger partial charge in [0, 0.05) is 24.7 Å². The molecule has 1 unspecified atom stereocenters. The monoisotopic (exact) mass is 618 g/mol. The SMILES string of the molecule is Cc1c(NS(=O)(=O)c2ccc(C(=O)N(C)C(c3ccccc3)c3ccc(F)cc3Cl)cc2)c(=O)n(-c2ccccc2)n1C. The van der Waals surface area contributed by atoms with Crippen LogP contribution in [0.5, 0.6) is 0 Å². The van der Waals surface area contributed by atoms with E-state index in [1.165, 1.54) is 52.0 Å². The molecule has 0 spiro atoms. The van der Waals surface area contributed by atoms with Crippen molar-refractivity contribution in [2.24, 2.45) is 7.05 Å². The predicted octanol–water partition coefficient (Wildman–Crippen LogP) is 5.94. The van der Waals surface area contributed by atoms with Gasteiger partial charge in [0.2, 0.25) is 0 Å². The van der Waals surface area contributed by atoms with Crippen LogP contribution in [0.3, 0.4) is 0 Å². The van der Waals surface area contributed by atoms with Crippen LogP contribution < -0.4 is 10.3 Å². The Balaban J connectivity index is 1.43. The Morgan fingerprint density at radius 2 is 1.53 bits per heavy atom. The molecule has 0 aliphatic rings. The number of carbonyl (C=O) groups is 1. The number of halogens is 2. The molecule has 5 aromatic rings. The third-order valence-corrected chi connectivity index (χ3v) is 8.98. The normalized spacial score (nSPS) is 12.1. The number of benzene rings is 4. The molecule has 0 bridgehead atoms. The van der Waals surface area contributed by atoms with Crippen LogP contribution in [0.15, 0.2) is 113 Å². The van der Waals surface area contributed by atoms with Crippen molar-refractivity contribution >= 4 is 33.2 Å². The minimum Gasteiger partial charge on any atom is -0.331 e. The van der Waals surface area contributed by atoms with Crippen LogP contribution in [0.25, 0.3) is 5.69 Å². The summed E-state index contributed by atoms with van der Waals surface area (Å²) in [5.41, 5.74) is 1.94. The molecular weight excluding hydrogens is 591 g/mol. The lowest BCUT2D eigenvalue weighted by Gasteiger charge is -2.30. The molecule has 1 atom stereocenters. The highest BCUT2D eigenvalue weighted by atomic mass is 35.5. The van der Waals surface area contributed by atoms with Gasteiger partial charge in [-0.3, -0.25) is 19.0 Å². The van der Waals surface area contributed by atoms with Gasteiger partial charge in [-0.15, -0.1) is 0 Å². The topological polar surface area (TPSA) is 93.4 Å². The Morgan fingerprint density at radius 1 is 0.930 bits per heavy atom. The number of carbonyl (C=O) groups excluding carboxylic acids is 1. The highest BCUT2D eigenvalue weighted by molar-refractivity contribution is 7.92. The van der Waals surface area contributed by atoms with E-state index in [0.717, 1.165) is 5.56 Å². The average Bonchev–Trinajstić information content (AvgIpc) is 3.21. The minimum atomic E-state index is -4.17. The molecule has 43 heavy (non-hydrogen) atoms. The zero-order chi connectivity index (χ0) is 30.9. The maximum atomic E-state index is 13.8. The summed E-state index contributed by atoms with van der Waals surface area (Å²) in [5.74, 6) is -0.902. The van der Waals surface area contributed by atoms with Crippen molar-refractivity contribution in [3.8, 4) is 5.69 Å².